The van der Waals surface area contributed by atoms with E-state index in [0.29, 0.717) is 42.1 Å². The Morgan fingerprint density at radius 2 is 2.13 bits per heavy atom. The highest BCUT2D eigenvalue weighted by atomic mass is 32.2. The van der Waals surface area contributed by atoms with E-state index < -0.39 is 6.10 Å². The van der Waals surface area contributed by atoms with Crippen LogP contribution in [0, 0.1) is 23.7 Å². The Morgan fingerprint density at radius 3 is 2.90 bits per heavy atom. The van der Waals surface area contributed by atoms with Gasteiger partial charge < -0.3 is 19.3 Å². The van der Waals surface area contributed by atoms with Crippen molar-refractivity contribution in [1.29, 1.82) is 0 Å². The van der Waals surface area contributed by atoms with Crippen molar-refractivity contribution in [1.82, 2.24) is 0 Å². The van der Waals surface area contributed by atoms with Crippen molar-refractivity contribution in [2.45, 2.75) is 45.3 Å². The molecule has 1 saturated carbocycles. The van der Waals surface area contributed by atoms with E-state index >= 15 is 0 Å². The first-order valence-electron chi connectivity index (χ1n) is 11.5. The van der Waals surface area contributed by atoms with Crippen molar-refractivity contribution >= 4 is 17.7 Å². The first kappa shape index (κ1) is 24.1. The lowest BCUT2D eigenvalue weighted by molar-refractivity contribution is -0.139. The highest BCUT2D eigenvalue weighted by Gasteiger charge is 2.42. The number of ether oxygens (including phenoxy) is 3. The fourth-order valence-electron chi connectivity index (χ4n) is 4.70. The molecule has 2 aliphatic rings. The average Bonchev–Trinajstić information content (AvgIpc) is 2.93. The van der Waals surface area contributed by atoms with Gasteiger partial charge in [-0.1, -0.05) is 37.3 Å². The molecule has 6 heteroatoms. The number of aliphatic hydroxyl groups is 1. The van der Waals surface area contributed by atoms with Gasteiger partial charge in [0.15, 0.2) is 0 Å². The predicted octanol–water partition coefficient (Wildman–Crippen LogP) is 4.35. The quantitative estimate of drug-likeness (QED) is 0.424. The highest BCUT2D eigenvalue weighted by Crippen LogP contribution is 2.44. The third kappa shape index (κ3) is 7.55. The summed E-state index contributed by atoms with van der Waals surface area (Å²) in [4.78, 5) is 11.5. The Bertz CT molecular complexity index is 694. The third-order valence-corrected chi connectivity index (χ3v) is 7.43. The summed E-state index contributed by atoms with van der Waals surface area (Å²) < 4.78 is 17.0. The van der Waals surface area contributed by atoms with Crippen LogP contribution in [0.3, 0.4) is 0 Å². The predicted molar refractivity (Wildman–Crippen MR) is 124 cm³/mol. The van der Waals surface area contributed by atoms with E-state index in [2.05, 4.69) is 13.0 Å². The van der Waals surface area contributed by atoms with Crippen LogP contribution in [0.1, 0.15) is 33.1 Å². The van der Waals surface area contributed by atoms with Gasteiger partial charge in [0.2, 0.25) is 0 Å². The minimum absolute atomic E-state index is 0.132. The normalized spacial score (nSPS) is 29.3. The SMILES string of the molecule is CCOC(=O)CSC[C@H]1CC[C@@H]2[C@@H](/C=C/[C@@H](O)COc3ccccc3)[C@H](C)C[C@@H]2OC1. The average molecular weight is 449 g/mol. The summed E-state index contributed by atoms with van der Waals surface area (Å²) >= 11 is 1.65. The molecule has 1 N–H and O–H groups in total. The number of carbonyl (C=O) groups is 1. The molecule has 31 heavy (non-hydrogen) atoms. The van der Waals surface area contributed by atoms with Gasteiger partial charge in [0, 0.05) is 0 Å². The second-order valence-electron chi connectivity index (χ2n) is 8.67. The largest absolute Gasteiger partial charge is 0.491 e. The number of aliphatic hydroxyl groups excluding tert-OH is 1. The minimum Gasteiger partial charge on any atom is -0.491 e. The van der Waals surface area contributed by atoms with E-state index in [1.54, 1.807) is 11.8 Å². The number of esters is 1. The molecular formula is C25H36O5S. The number of thioether (sulfide) groups is 1. The van der Waals surface area contributed by atoms with Crippen molar-refractivity contribution in [3.8, 4) is 5.75 Å². The van der Waals surface area contributed by atoms with Gasteiger partial charge >= 0.3 is 5.97 Å². The molecule has 1 aliphatic heterocycles. The van der Waals surface area contributed by atoms with Crippen molar-refractivity contribution < 1.29 is 24.1 Å². The number of para-hydroxylation sites is 1. The molecule has 0 aromatic heterocycles. The lowest BCUT2D eigenvalue weighted by Crippen LogP contribution is -2.21. The number of carbonyl (C=O) groups excluding carboxylic acids is 1. The Hall–Kier alpha value is -1.50. The number of hydrogen-bond acceptors (Lipinski definition) is 6. The molecule has 5 nitrogen and oxygen atoms in total. The van der Waals surface area contributed by atoms with E-state index in [1.165, 1.54) is 0 Å². The lowest BCUT2D eigenvalue weighted by atomic mass is 9.85. The zero-order chi connectivity index (χ0) is 22.1. The molecule has 1 aromatic carbocycles. The Labute approximate surface area is 190 Å². The molecule has 1 saturated heterocycles. The second-order valence-corrected chi connectivity index (χ2v) is 9.70. The summed E-state index contributed by atoms with van der Waals surface area (Å²) in [7, 11) is 0. The molecular weight excluding hydrogens is 412 g/mol. The van der Waals surface area contributed by atoms with Crippen LogP contribution in [0.2, 0.25) is 0 Å². The highest BCUT2D eigenvalue weighted by molar-refractivity contribution is 7.99. The number of benzene rings is 1. The van der Waals surface area contributed by atoms with Gasteiger partial charge in [0.25, 0.3) is 0 Å². The Kier molecular flexibility index (Phi) is 9.75. The van der Waals surface area contributed by atoms with Gasteiger partial charge in [-0.15, -0.1) is 11.8 Å². The summed E-state index contributed by atoms with van der Waals surface area (Å²) in [5, 5.41) is 10.3. The summed E-state index contributed by atoms with van der Waals surface area (Å²) in [6.45, 7) is 5.59. The van der Waals surface area contributed by atoms with Crippen molar-refractivity contribution in [2.75, 3.05) is 31.3 Å². The summed E-state index contributed by atoms with van der Waals surface area (Å²) in [6.07, 6.45) is 7.07. The summed E-state index contributed by atoms with van der Waals surface area (Å²) in [6, 6.07) is 9.58. The molecule has 6 atom stereocenters. The third-order valence-electron chi connectivity index (χ3n) is 6.29. The molecule has 1 aromatic rings. The molecule has 3 rings (SSSR count). The van der Waals surface area contributed by atoms with Gasteiger partial charge in [0.05, 0.1) is 25.1 Å². The van der Waals surface area contributed by atoms with Crippen LogP contribution in [-0.4, -0.2) is 54.6 Å². The zero-order valence-electron chi connectivity index (χ0n) is 18.7. The number of rotatable bonds is 10. The Balaban J connectivity index is 1.45. The van der Waals surface area contributed by atoms with E-state index in [0.717, 1.165) is 37.4 Å². The van der Waals surface area contributed by atoms with Crippen LogP contribution in [0.25, 0.3) is 0 Å². The maximum atomic E-state index is 11.5. The second kappa shape index (κ2) is 12.5. The van der Waals surface area contributed by atoms with Crippen molar-refractivity contribution in [3.63, 3.8) is 0 Å². The topological polar surface area (TPSA) is 65.0 Å². The van der Waals surface area contributed by atoms with Crippen LogP contribution in [0.15, 0.2) is 42.5 Å². The first-order chi connectivity index (χ1) is 15.1. The van der Waals surface area contributed by atoms with Gasteiger partial charge in [-0.25, -0.2) is 0 Å². The van der Waals surface area contributed by atoms with Crippen LogP contribution in [0.4, 0.5) is 0 Å². The van der Waals surface area contributed by atoms with Crippen LogP contribution >= 0.6 is 11.8 Å². The monoisotopic (exact) mass is 448 g/mol. The van der Waals surface area contributed by atoms with Gasteiger partial charge in [-0.2, -0.15) is 0 Å². The molecule has 2 fully saturated rings. The molecule has 0 bridgehead atoms. The van der Waals surface area contributed by atoms with Crippen molar-refractivity contribution in [3.05, 3.63) is 42.5 Å². The standard InChI is InChI=1S/C25H36O5S/c1-3-28-25(27)17-31-16-19-9-11-23-22(18(2)13-24(23)30-14-19)12-10-20(26)15-29-21-7-5-4-6-8-21/h4-8,10,12,18-20,22-24,26H,3,9,11,13-17H2,1-2H3/b12-10+/t18-,19+,20-,22+,23-,24+/m1/s1. The number of allylic oxidation sites excluding steroid dienone is 1. The molecule has 1 aliphatic carbocycles. The zero-order valence-corrected chi connectivity index (χ0v) is 19.5. The maximum absolute atomic E-state index is 11.5. The van der Waals surface area contributed by atoms with Gasteiger partial charge in [0.1, 0.15) is 18.5 Å². The summed E-state index contributed by atoms with van der Waals surface area (Å²) in [5.74, 6) is 3.93. The molecule has 0 amide bonds. The van der Waals surface area contributed by atoms with Crippen LogP contribution in [0.5, 0.6) is 5.75 Å². The first-order valence-corrected chi connectivity index (χ1v) is 12.6. The van der Waals surface area contributed by atoms with Gasteiger partial charge in [-0.05, 0) is 67.7 Å². The fourth-order valence-corrected chi connectivity index (χ4v) is 5.66. The Morgan fingerprint density at radius 1 is 1.32 bits per heavy atom. The summed E-state index contributed by atoms with van der Waals surface area (Å²) in [5.41, 5.74) is 0. The van der Waals surface area contributed by atoms with Gasteiger partial charge in [-0.3, -0.25) is 4.79 Å². The molecule has 0 radical (unpaired) electrons. The number of fused-ring (bicyclic) bond motifs is 1. The smallest absolute Gasteiger partial charge is 0.315 e. The lowest BCUT2D eigenvalue weighted by Gasteiger charge is -2.21. The van der Waals surface area contributed by atoms with E-state index in [1.807, 2.05) is 43.3 Å². The van der Waals surface area contributed by atoms with Crippen LogP contribution < -0.4 is 4.74 Å². The van der Waals surface area contributed by atoms with Crippen molar-refractivity contribution in [2.24, 2.45) is 23.7 Å². The van der Waals surface area contributed by atoms with Crippen LogP contribution in [-0.2, 0) is 14.3 Å². The number of hydrogen-bond donors (Lipinski definition) is 1. The van der Waals surface area contributed by atoms with E-state index in [9.17, 15) is 9.90 Å². The molecule has 0 spiro atoms. The molecule has 0 unspecified atom stereocenters. The minimum atomic E-state index is -0.620. The van der Waals surface area contributed by atoms with E-state index in [-0.39, 0.29) is 12.6 Å². The molecule has 1 heterocycles. The van der Waals surface area contributed by atoms with E-state index in [4.69, 9.17) is 14.2 Å². The maximum Gasteiger partial charge on any atom is 0.315 e. The fraction of sp³-hybridized carbons (Fsp3) is 0.640. The molecule has 172 valence electrons.